The second-order valence-corrected chi connectivity index (χ2v) is 8.33. The molecule has 1 atom stereocenters. The van der Waals surface area contributed by atoms with E-state index in [-0.39, 0.29) is 23.1 Å². The summed E-state index contributed by atoms with van der Waals surface area (Å²) in [5, 5.41) is 14.5. The predicted molar refractivity (Wildman–Crippen MR) is 95.7 cm³/mol. The summed E-state index contributed by atoms with van der Waals surface area (Å²) >= 11 is 0. The van der Waals surface area contributed by atoms with E-state index in [0.29, 0.717) is 23.4 Å². The molecule has 1 aliphatic rings. The minimum absolute atomic E-state index is 0.0425. The van der Waals surface area contributed by atoms with Gasteiger partial charge in [0.15, 0.2) is 9.84 Å². The molecule has 2 aromatic rings. The molecule has 1 aromatic carbocycles. The molecule has 8 nitrogen and oxygen atoms in total. The summed E-state index contributed by atoms with van der Waals surface area (Å²) in [5.74, 6) is -0.134. The Kier molecular flexibility index (Phi) is 4.86. The van der Waals surface area contributed by atoms with E-state index in [9.17, 15) is 13.2 Å². The van der Waals surface area contributed by atoms with E-state index in [1.807, 2.05) is 6.07 Å². The summed E-state index contributed by atoms with van der Waals surface area (Å²) in [4.78, 5) is 20.8. The molecule has 0 radical (unpaired) electrons. The summed E-state index contributed by atoms with van der Waals surface area (Å²) in [6.45, 7) is 1.74. The number of aromatic nitrogens is 2. The van der Waals surface area contributed by atoms with Crippen LogP contribution in [0.5, 0.6) is 0 Å². The van der Waals surface area contributed by atoms with Gasteiger partial charge in [0, 0.05) is 17.4 Å². The molecular weight excluding hydrogens is 354 g/mol. The Morgan fingerprint density at radius 3 is 2.62 bits per heavy atom. The van der Waals surface area contributed by atoms with Gasteiger partial charge in [0.05, 0.1) is 23.1 Å². The van der Waals surface area contributed by atoms with Crippen LogP contribution in [0.25, 0.3) is 0 Å². The highest BCUT2D eigenvalue weighted by Crippen LogP contribution is 2.16. The lowest BCUT2D eigenvalue weighted by Gasteiger charge is -2.12. The number of sulfone groups is 1. The monoisotopic (exact) mass is 371 g/mol. The van der Waals surface area contributed by atoms with Crippen molar-refractivity contribution in [3.05, 3.63) is 47.3 Å². The van der Waals surface area contributed by atoms with E-state index >= 15 is 0 Å². The molecule has 0 aliphatic carbocycles. The fourth-order valence-electron chi connectivity index (χ4n) is 2.67. The predicted octanol–water partition coefficient (Wildman–Crippen LogP) is 1.32. The van der Waals surface area contributed by atoms with Gasteiger partial charge in [-0.15, -0.1) is 0 Å². The van der Waals surface area contributed by atoms with Crippen molar-refractivity contribution in [2.75, 3.05) is 16.8 Å². The number of anilines is 2. The highest BCUT2D eigenvalue weighted by atomic mass is 32.2. The van der Waals surface area contributed by atoms with Gasteiger partial charge in [-0.05, 0) is 43.7 Å². The fourth-order valence-corrected chi connectivity index (χ4v) is 4.34. The zero-order chi connectivity index (χ0) is 18.7. The van der Waals surface area contributed by atoms with Crippen LogP contribution in [0.1, 0.15) is 28.2 Å². The van der Waals surface area contributed by atoms with E-state index in [4.69, 9.17) is 5.26 Å². The highest BCUT2D eigenvalue weighted by Gasteiger charge is 2.29. The van der Waals surface area contributed by atoms with Gasteiger partial charge < -0.3 is 10.6 Å². The minimum Gasteiger partial charge on any atom is -0.347 e. The summed E-state index contributed by atoms with van der Waals surface area (Å²) in [5.41, 5.74) is 1.98. The molecule has 0 spiro atoms. The molecule has 26 heavy (non-hydrogen) atoms. The maximum Gasteiger partial charge on any atom is 0.270 e. The normalized spacial score (nSPS) is 18.1. The van der Waals surface area contributed by atoms with Gasteiger partial charge in [-0.1, -0.05) is 0 Å². The van der Waals surface area contributed by atoms with Gasteiger partial charge in [0.2, 0.25) is 5.95 Å². The maximum absolute atomic E-state index is 12.4. The van der Waals surface area contributed by atoms with Crippen molar-refractivity contribution in [2.24, 2.45) is 0 Å². The second kappa shape index (κ2) is 7.09. The van der Waals surface area contributed by atoms with Gasteiger partial charge in [0.1, 0.15) is 5.69 Å². The SMILES string of the molecule is Cc1cc(C(=O)NC2CCS(=O)(=O)C2)nc(Nc2ccc(C#N)cc2)n1. The molecule has 134 valence electrons. The third-order valence-corrected chi connectivity index (χ3v) is 5.69. The van der Waals surface area contributed by atoms with Crippen molar-refractivity contribution in [3.63, 3.8) is 0 Å². The number of carbonyl (C=O) groups is 1. The Morgan fingerprint density at radius 1 is 1.27 bits per heavy atom. The quantitative estimate of drug-likeness (QED) is 0.830. The lowest BCUT2D eigenvalue weighted by atomic mass is 10.2. The van der Waals surface area contributed by atoms with E-state index in [1.165, 1.54) is 0 Å². The number of nitrogens with zero attached hydrogens (tertiary/aromatic N) is 3. The first kappa shape index (κ1) is 17.8. The largest absolute Gasteiger partial charge is 0.347 e. The maximum atomic E-state index is 12.4. The molecule has 1 amide bonds. The van der Waals surface area contributed by atoms with Gasteiger partial charge in [0.25, 0.3) is 5.91 Å². The number of nitrogens with one attached hydrogen (secondary N) is 2. The van der Waals surface area contributed by atoms with Crippen LogP contribution < -0.4 is 10.6 Å². The van der Waals surface area contributed by atoms with Crippen LogP contribution in [-0.2, 0) is 9.84 Å². The van der Waals surface area contributed by atoms with E-state index in [2.05, 4.69) is 20.6 Å². The number of benzene rings is 1. The molecule has 1 fully saturated rings. The molecule has 2 N–H and O–H groups in total. The average Bonchev–Trinajstić information content (AvgIpc) is 2.93. The van der Waals surface area contributed by atoms with Crippen molar-refractivity contribution < 1.29 is 13.2 Å². The zero-order valence-electron chi connectivity index (χ0n) is 14.1. The van der Waals surface area contributed by atoms with Crippen LogP contribution in [0, 0.1) is 18.3 Å². The molecule has 1 unspecified atom stereocenters. The smallest absolute Gasteiger partial charge is 0.270 e. The van der Waals surface area contributed by atoms with E-state index in [0.717, 1.165) is 0 Å². The van der Waals surface area contributed by atoms with Crippen molar-refractivity contribution in [1.29, 1.82) is 5.26 Å². The first-order valence-electron chi connectivity index (χ1n) is 7.99. The van der Waals surface area contributed by atoms with Gasteiger partial charge in [-0.2, -0.15) is 5.26 Å². The topological polar surface area (TPSA) is 125 Å². The first-order chi connectivity index (χ1) is 12.3. The summed E-state index contributed by atoms with van der Waals surface area (Å²) < 4.78 is 23.0. The second-order valence-electron chi connectivity index (χ2n) is 6.11. The molecule has 3 rings (SSSR count). The van der Waals surface area contributed by atoms with Crippen molar-refractivity contribution >= 4 is 27.4 Å². The molecule has 1 aromatic heterocycles. The van der Waals surface area contributed by atoms with E-state index < -0.39 is 21.8 Å². The highest BCUT2D eigenvalue weighted by molar-refractivity contribution is 7.91. The first-order valence-corrected chi connectivity index (χ1v) is 9.81. The fraction of sp³-hybridized carbons (Fsp3) is 0.294. The minimum atomic E-state index is -3.07. The number of hydrogen-bond acceptors (Lipinski definition) is 7. The Hall–Kier alpha value is -2.99. The van der Waals surface area contributed by atoms with Gasteiger partial charge >= 0.3 is 0 Å². The molecule has 1 aliphatic heterocycles. The van der Waals surface area contributed by atoms with Crippen LogP contribution in [0.3, 0.4) is 0 Å². The van der Waals surface area contributed by atoms with Crippen molar-refractivity contribution in [2.45, 2.75) is 19.4 Å². The van der Waals surface area contributed by atoms with Crippen LogP contribution in [0.2, 0.25) is 0 Å². The van der Waals surface area contributed by atoms with Gasteiger partial charge in [-0.25, -0.2) is 18.4 Å². The Morgan fingerprint density at radius 2 is 2.00 bits per heavy atom. The van der Waals surface area contributed by atoms with Gasteiger partial charge in [-0.3, -0.25) is 4.79 Å². The van der Waals surface area contributed by atoms with Crippen LogP contribution in [0.4, 0.5) is 11.6 Å². The van der Waals surface area contributed by atoms with E-state index in [1.54, 1.807) is 37.3 Å². The number of carbonyl (C=O) groups excluding carboxylic acids is 1. The number of nitriles is 1. The number of rotatable bonds is 4. The molecular formula is C17H17N5O3S. The number of aryl methyl sites for hydroxylation is 1. The standard InChI is InChI=1S/C17H17N5O3S/c1-11-8-15(16(23)20-14-6-7-26(24,25)10-14)22-17(19-11)21-13-4-2-12(9-18)3-5-13/h2-5,8,14H,6-7,10H2,1H3,(H,20,23)(H,19,21,22). The van der Waals surface area contributed by atoms with Crippen LogP contribution >= 0.6 is 0 Å². The molecule has 0 saturated carbocycles. The summed E-state index contributed by atoms with van der Waals surface area (Å²) in [6.07, 6.45) is 0.411. The summed E-state index contributed by atoms with van der Waals surface area (Å²) in [6, 6.07) is 9.94. The van der Waals surface area contributed by atoms with Crippen LogP contribution in [0.15, 0.2) is 30.3 Å². The van der Waals surface area contributed by atoms with Crippen LogP contribution in [-0.4, -0.2) is 41.8 Å². The zero-order valence-corrected chi connectivity index (χ0v) is 14.9. The number of hydrogen-bond donors (Lipinski definition) is 2. The molecule has 2 heterocycles. The molecule has 0 bridgehead atoms. The lowest BCUT2D eigenvalue weighted by Crippen LogP contribution is -2.36. The Bertz CT molecular complexity index is 980. The van der Waals surface area contributed by atoms with Crippen molar-refractivity contribution in [1.82, 2.24) is 15.3 Å². The third kappa shape index (κ3) is 4.34. The summed E-state index contributed by atoms with van der Waals surface area (Å²) in [7, 11) is -3.07. The van der Waals surface area contributed by atoms with Crippen molar-refractivity contribution in [3.8, 4) is 6.07 Å². The number of amides is 1. The Labute approximate surface area is 151 Å². The average molecular weight is 371 g/mol. The Balaban J connectivity index is 1.74. The third-order valence-electron chi connectivity index (χ3n) is 3.92. The molecule has 9 heteroatoms. The molecule has 1 saturated heterocycles. The lowest BCUT2D eigenvalue weighted by molar-refractivity contribution is 0.0936.